The van der Waals surface area contributed by atoms with Gasteiger partial charge in [-0.2, -0.15) is 0 Å². The van der Waals surface area contributed by atoms with E-state index in [4.69, 9.17) is 7.85 Å². The van der Waals surface area contributed by atoms with Gasteiger partial charge in [-0.3, -0.25) is 0 Å². The van der Waals surface area contributed by atoms with Crippen molar-refractivity contribution in [2.24, 2.45) is 5.92 Å². The van der Waals surface area contributed by atoms with Gasteiger partial charge in [0.1, 0.15) is 0 Å². The Morgan fingerprint density at radius 3 is 2.45 bits per heavy atom. The first kappa shape index (κ1) is 10.8. The van der Waals surface area contributed by atoms with Crippen LogP contribution in [0, 0.1) is 5.92 Å². The normalized spacial score (nSPS) is 14.5. The summed E-state index contributed by atoms with van der Waals surface area (Å²) < 4.78 is 0. The summed E-state index contributed by atoms with van der Waals surface area (Å²) in [5.41, 5.74) is 0. The van der Waals surface area contributed by atoms with Gasteiger partial charge in [0.05, 0.1) is 7.85 Å². The monoisotopic (exact) mass is 150 g/mol. The van der Waals surface area contributed by atoms with Crippen LogP contribution < -0.4 is 0 Å². The van der Waals surface area contributed by atoms with E-state index in [-0.39, 0.29) is 5.82 Å². The molecule has 0 fully saturated rings. The predicted octanol–water partition coefficient (Wildman–Crippen LogP) is 3.35. The van der Waals surface area contributed by atoms with E-state index in [1.54, 1.807) is 0 Å². The molecule has 1 unspecified atom stereocenters. The fourth-order valence-electron chi connectivity index (χ4n) is 0.955. The van der Waals surface area contributed by atoms with Crippen molar-refractivity contribution < 1.29 is 0 Å². The van der Waals surface area contributed by atoms with Crippen molar-refractivity contribution in [3.8, 4) is 0 Å². The molecule has 0 aliphatic rings. The first-order valence-electron chi connectivity index (χ1n) is 4.59. The van der Waals surface area contributed by atoms with E-state index in [9.17, 15) is 0 Å². The highest BCUT2D eigenvalue weighted by Gasteiger charge is 1.93. The highest BCUT2D eigenvalue weighted by atomic mass is 14.0. The lowest BCUT2D eigenvalue weighted by atomic mass is 9.83. The summed E-state index contributed by atoms with van der Waals surface area (Å²) in [5.74, 6) is 1.03. The maximum atomic E-state index is 5.78. The van der Waals surface area contributed by atoms with Crippen LogP contribution in [-0.2, 0) is 0 Å². The van der Waals surface area contributed by atoms with Crippen molar-refractivity contribution in [3.63, 3.8) is 0 Å². The van der Waals surface area contributed by atoms with Gasteiger partial charge in [0.25, 0.3) is 0 Å². The zero-order valence-electron chi connectivity index (χ0n) is 8.01. The summed E-state index contributed by atoms with van der Waals surface area (Å²) in [6.45, 7) is 6.60. The number of hydrogen-bond donors (Lipinski definition) is 0. The molecule has 0 aromatic heterocycles. The quantitative estimate of drug-likeness (QED) is 0.416. The van der Waals surface area contributed by atoms with E-state index >= 15 is 0 Å². The molecule has 0 saturated carbocycles. The zero-order chi connectivity index (χ0) is 8.69. The van der Waals surface area contributed by atoms with Crippen LogP contribution in [0.25, 0.3) is 0 Å². The molecular weight excluding hydrogens is 131 g/mol. The van der Waals surface area contributed by atoms with E-state index < -0.39 is 0 Å². The maximum absolute atomic E-state index is 5.78. The Labute approximate surface area is 72.5 Å². The van der Waals surface area contributed by atoms with Crippen LogP contribution in [0.1, 0.15) is 40.0 Å². The lowest BCUT2D eigenvalue weighted by molar-refractivity contribution is 0.661. The standard InChI is InChI=1S/C10H19B/c1-4-6-10(11)8-5-7-9(2)3/h5,8-10H,4,6-7H2,1-3H3/b8-5-. The number of hydrogen-bond acceptors (Lipinski definition) is 0. The van der Waals surface area contributed by atoms with Crippen molar-refractivity contribution in [2.75, 3.05) is 0 Å². The van der Waals surface area contributed by atoms with Gasteiger partial charge in [0.15, 0.2) is 0 Å². The molecule has 1 atom stereocenters. The smallest absolute Gasteiger partial charge is 0.0755 e. The summed E-state index contributed by atoms with van der Waals surface area (Å²) in [6, 6.07) is 0. The minimum Gasteiger partial charge on any atom is -0.0941 e. The van der Waals surface area contributed by atoms with E-state index in [1.165, 1.54) is 6.42 Å². The summed E-state index contributed by atoms with van der Waals surface area (Å²) in [7, 11) is 5.78. The fraction of sp³-hybridized carbons (Fsp3) is 0.800. The first-order valence-corrected chi connectivity index (χ1v) is 4.59. The van der Waals surface area contributed by atoms with Crippen molar-refractivity contribution in [3.05, 3.63) is 12.2 Å². The molecule has 1 heteroatoms. The van der Waals surface area contributed by atoms with E-state index in [0.717, 1.165) is 18.8 Å². The molecule has 0 bridgehead atoms. The average molecular weight is 150 g/mol. The fourth-order valence-corrected chi connectivity index (χ4v) is 0.955. The van der Waals surface area contributed by atoms with E-state index in [1.807, 2.05) is 0 Å². The Balaban J connectivity index is 3.39. The number of rotatable bonds is 5. The van der Waals surface area contributed by atoms with Crippen molar-refractivity contribution in [1.29, 1.82) is 0 Å². The molecule has 11 heavy (non-hydrogen) atoms. The van der Waals surface area contributed by atoms with Crippen LogP contribution >= 0.6 is 0 Å². The molecule has 0 amide bonds. The highest BCUT2D eigenvalue weighted by molar-refractivity contribution is 6.12. The third-order valence-corrected chi connectivity index (χ3v) is 1.61. The van der Waals surface area contributed by atoms with Gasteiger partial charge in [0.2, 0.25) is 0 Å². The molecule has 0 aliphatic heterocycles. The Kier molecular flexibility index (Phi) is 6.40. The van der Waals surface area contributed by atoms with Crippen LogP contribution in [0.5, 0.6) is 0 Å². The van der Waals surface area contributed by atoms with Gasteiger partial charge in [0, 0.05) is 0 Å². The lowest BCUT2D eigenvalue weighted by Crippen LogP contribution is -1.87. The largest absolute Gasteiger partial charge is 0.0941 e. The van der Waals surface area contributed by atoms with Gasteiger partial charge in [-0.1, -0.05) is 51.6 Å². The van der Waals surface area contributed by atoms with Crippen molar-refractivity contribution >= 4 is 7.85 Å². The molecule has 0 spiro atoms. The molecule has 0 rings (SSSR count). The molecular formula is C10H19B. The van der Waals surface area contributed by atoms with Crippen molar-refractivity contribution in [2.45, 2.75) is 45.9 Å². The summed E-state index contributed by atoms with van der Waals surface area (Å²) >= 11 is 0. The lowest BCUT2D eigenvalue weighted by Gasteiger charge is -2.03. The SMILES string of the molecule is [B]C(/C=C\CC(C)C)CCC. The minimum absolute atomic E-state index is 0.277. The second-order valence-electron chi connectivity index (χ2n) is 3.51. The Morgan fingerprint density at radius 2 is 2.00 bits per heavy atom. The molecule has 0 N–H and O–H groups in total. The van der Waals surface area contributed by atoms with Gasteiger partial charge in [-0.05, 0) is 12.3 Å². The van der Waals surface area contributed by atoms with Crippen LogP contribution in [0.4, 0.5) is 0 Å². The molecule has 2 radical (unpaired) electrons. The second-order valence-corrected chi connectivity index (χ2v) is 3.51. The Hall–Kier alpha value is -0.195. The average Bonchev–Trinajstić information content (AvgIpc) is 1.87. The van der Waals surface area contributed by atoms with Gasteiger partial charge in [-0.25, -0.2) is 0 Å². The van der Waals surface area contributed by atoms with E-state index in [2.05, 4.69) is 32.9 Å². The van der Waals surface area contributed by atoms with Crippen LogP contribution in [0.2, 0.25) is 5.82 Å². The van der Waals surface area contributed by atoms with Gasteiger partial charge < -0.3 is 0 Å². The third kappa shape index (κ3) is 7.70. The molecule has 0 heterocycles. The third-order valence-electron chi connectivity index (χ3n) is 1.61. The summed E-state index contributed by atoms with van der Waals surface area (Å²) in [5, 5.41) is 0. The number of allylic oxidation sites excluding steroid dienone is 2. The summed E-state index contributed by atoms with van der Waals surface area (Å²) in [6.07, 6.45) is 7.76. The summed E-state index contributed by atoms with van der Waals surface area (Å²) in [4.78, 5) is 0. The maximum Gasteiger partial charge on any atom is 0.0755 e. The molecule has 0 saturated heterocycles. The van der Waals surface area contributed by atoms with E-state index in [0.29, 0.717) is 0 Å². The highest BCUT2D eigenvalue weighted by Crippen LogP contribution is 2.11. The predicted molar refractivity (Wildman–Crippen MR) is 53.0 cm³/mol. The second kappa shape index (κ2) is 6.51. The molecule has 0 aromatic carbocycles. The van der Waals surface area contributed by atoms with Crippen LogP contribution in [0.3, 0.4) is 0 Å². The first-order chi connectivity index (χ1) is 5.16. The van der Waals surface area contributed by atoms with Gasteiger partial charge >= 0.3 is 0 Å². The Morgan fingerprint density at radius 1 is 1.36 bits per heavy atom. The topological polar surface area (TPSA) is 0 Å². The molecule has 0 aliphatic carbocycles. The van der Waals surface area contributed by atoms with Gasteiger partial charge in [-0.15, -0.1) is 0 Å². The van der Waals surface area contributed by atoms with Crippen LogP contribution in [-0.4, -0.2) is 7.85 Å². The molecule has 0 nitrogen and oxygen atoms in total. The molecule has 62 valence electrons. The Bertz CT molecular complexity index is 105. The molecule has 0 aromatic rings. The minimum atomic E-state index is 0.277. The zero-order valence-corrected chi connectivity index (χ0v) is 8.01. The van der Waals surface area contributed by atoms with Crippen LogP contribution in [0.15, 0.2) is 12.2 Å². The van der Waals surface area contributed by atoms with Crippen molar-refractivity contribution in [1.82, 2.24) is 0 Å².